The lowest BCUT2D eigenvalue weighted by Crippen LogP contribution is -2.18. The fourth-order valence-electron chi connectivity index (χ4n) is 3.17. The molecule has 1 amide bonds. The number of sulfone groups is 1. The Hall–Kier alpha value is -3.19. The molecule has 0 saturated carbocycles. The number of hydrogen-bond acceptors (Lipinski definition) is 3. The van der Waals surface area contributed by atoms with Gasteiger partial charge in [0.1, 0.15) is 16.5 Å². The molecule has 0 saturated heterocycles. The molecule has 0 bridgehead atoms. The average molecular weight is 412 g/mol. The van der Waals surface area contributed by atoms with E-state index < -0.39 is 21.6 Å². The summed E-state index contributed by atoms with van der Waals surface area (Å²) in [6, 6.07) is 13.2. The molecule has 1 heterocycles. The van der Waals surface area contributed by atoms with Crippen LogP contribution in [0.25, 0.3) is 0 Å². The maximum atomic E-state index is 13.5. The highest BCUT2D eigenvalue weighted by Crippen LogP contribution is 2.35. The molecule has 1 aromatic heterocycles. The Morgan fingerprint density at radius 1 is 1.14 bits per heavy atom. The summed E-state index contributed by atoms with van der Waals surface area (Å²) in [4.78, 5) is 12.9. The molecule has 0 aliphatic carbocycles. The molecule has 3 rings (SSSR count). The molecule has 7 heteroatoms. The first-order valence-electron chi connectivity index (χ1n) is 8.95. The van der Waals surface area contributed by atoms with E-state index in [-0.39, 0.29) is 21.2 Å². The Bertz CT molecular complexity index is 1180. The Kier molecular flexibility index (Phi) is 5.70. The highest BCUT2D eigenvalue weighted by Gasteiger charge is 2.30. The van der Waals surface area contributed by atoms with E-state index in [2.05, 4.69) is 11.9 Å². The van der Waals surface area contributed by atoms with Crippen LogP contribution in [0.5, 0.6) is 0 Å². The number of carbonyl (C=O) groups is 1. The van der Waals surface area contributed by atoms with Gasteiger partial charge in [-0.2, -0.15) is 0 Å². The number of aromatic nitrogens is 1. The van der Waals surface area contributed by atoms with Gasteiger partial charge in [-0.3, -0.25) is 4.79 Å². The molecule has 0 unspecified atom stereocenters. The van der Waals surface area contributed by atoms with Crippen molar-refractivity contribution in [3.05, 3.63) is 89.9 Å². The smallest absolute Gasteiger partial charge is 0.256 e. The molecule has 0 aliphatic heterocycles. The van der Waals surface area contributed by atoms with Crippen LogP contribution in [0.1, 0.15) is 21.6 Å². The normalized spacial score (nSPS) is 11.3. The minimum atomic E-state index is -3.90. The lowest BCUT2D eigenvalue weighted by molar-refractivity contribution is 0.102. The molecule has 0 aliphatic rings. The molecular weight excluding hydrogens is 391 g/mol. The first-order valence-corrected chi connectivity index (χ1v) is 10.4. The van der Waals surface area contributed by atoms with E-state index in [1.807, 2.05) is 0 Å². The molecule has 0 fully saturated rings. The third-order valence-electron chi connectivity index (χ3n) is 4.73. The van der Waals surface area contributed by atoms with Crippen molar-refractivity contribution >= 4 is 21.6 Å². The van der Waals surface area contributed by atoms with E-state index >= 15 is 0 Å². The van der Waals surface area contributed by atoms with Crippen molar-refractivity contribution in [1.82, 2.24) is 4.57 Å². The SMILES string of the molecule is C=CCn1c(C)c(C)c(S(=O)(=O)c2ccccc2)c1NC(=O)c1cccc(F)c1. The van der Waals surface area contributed by atoms with Gasteiger partial charge in [0.2, 0.25) is 9.84 Å². The second-order valence-electron chi connectivity index (χ2n) is 6.57. The molecule has 0 radical (unpaired) electrons. The molecule has 150 valence electrons. The van der Waals surface area contributed by atoms with Crippen LogP contribution in [0.15, 0.2) is 77.0 Å². The topological polar surface area (TPSA) is 68.2 Å². The molecular formula is C22H21FN2O3S. The summed E-state index contributed by atoms with van der Waals surface area (Å²) in [6.07, 6.45) is 1.61. The second kappa shape index (κ2) is 8.05. The summed E-state index contributed by atoms with van der Waals surface area (Å²) in [5.41, 5.74) is 1.31. The minimum absolute atomic E-state index is 0.0211. The maximum absolute atomic E-state index is 13.5. The van der Waals surface area contributed by atoms with Crippen molar-refractivity contribution < 1.29 is 17.6 Å². The van der Waals surface area contributed by atoms with Crippen molar-refractivity contribution in [1.29, 1.82) is 0 Å². The van der Waals surface area contributed by atoms with Gasteiger partial charge < -0.3 is 9.88 Å². The summed E-state index contributed by atoms with van der Waals surface area (Å²) >= 11 is 0. The van der Waals surface area contributed by atoms with E-state index in [0.29, 0.717) is 17.8 Å². The van der Waals surface area contributed by atoms with Gasteiger partial charge in [-0.1, -0.05) is 30.3 Å². The molecule has 5 nitrogen and oxygen atoms in total. The monoisotopic (exact) mass is 412 g/mol. The summed E-state index contributed by atoms with van der Waals surface area (Å²) in [6.45, 7) is 7.49. The third kappa shape index (κ3) is 3.86. The highest BCUT2D eigenvalue weighted by atomic mass is 32.2. The van der Waals surface area contributed by atoms with E-state index in [9.17, 15) is 17.6 Å². The molecule has 0 spiro atoms. The van der Waals surface area contributed by atoms with Gasteiger partial charge in [0.05, 0.1) is 4.90 Å². The number of hydrogen-bond donors (Lipinski definition) is 1. The Labute approximate surface area is 169 Å². The second-order valence-corrected chi connectivity index (χ2v) is 8.45. The van der Waals surface area contributed by atoms with E-state index in [1.54, 1.807) is 42.7 Å². The van der Waals surface area contributed by atoms with Gasteiger partial charge in [0.25, 0.3) is 5.91 Å². The number of halogens is 1. The van der Waals surface area contributed by atoms with Crippen molar-refractivity contribution in [2.75, 3.05) is 5.32 Å². The van der Waals surface area contributed by atoms with Gasteiger partial charge in [-0.25, -0.2) is 12.8 Å². The van der Waals surface area contributed by atoms with E-state index in [0.717, 1.165) is 6.07 Å². The quantitative estimate of drug-likeness (QED) is 0.606. The van der Waals surface area contributed by atoms with Crippen LogP contribution in [0.3, 0.4) is 0 Å². The zero-order valence-corrected chi connectivity index (χ0v) is 17.0. The predicted octanol–water partition coefficient (Wildman–Crippen LogP) is 4.52. The number of allylic oxidation sites excluding steroid dienone is 1. The number of benzene rings is 2. The van der Waals surface area contributed by atoms with Crippen LogP contribution in [0, 0.1) is 19.7 Å². The molecule has 29 heavy (non-hydrogen) atoms. The van der Waals surface area contributed by atoms with Gasteiger partial charge in [0.15, 0.2) is 0 Å². The zero-order valence-electron chi connectivity index (χ0n) is 16.1. The zero-order chi connectivity index (χ0) is 21.2. The maximum Gasteiger partial charge on any atom is 0.256 e. The number of rotatable bonds is 6. The van der Waals surface area contributed by atoms with E-state index in [1.165, 1.54) is 30.3 Å². The van der Waals surface area contributed by atoms with Crippen LogP contribution in [-0.4, -0.2) is 18.9 Å². The molecule has 3 aromatic rings. The van der Waals surface area contributed by atoms with Crippen molar-refractivity contribution in [2.24, 2.45) is 0 Å². The van der Waals surface area contributed by atoms with Crippen LogP contribution in [0.2, 0.25) is 0 Å². The lowest BCUT2D eigenvalue weighted by atomic mass is 10.2. The minimum Gasteiger partial charge on any atom is -0.327 e. The standard InChI is InChI=1S/C22H21FN2O3S/c1-4-13-25-16(3)15(2)20(29(27,28)19-11-6-5-7-12-19)21(25)24-22(26)17-9-8-10-18(23)14-17/h4-12,14H,1,13H2,2-3H3,(H,24,26). The Morgan fingerprint density at radius 2 is 1.83 bits per heavy atom. The van der Waals surface area contributed by atoms with Gasteiger partial charge in [-0.15, -0.1) is 6.58 Å². The third-order valence-corrected chi connectivity index (χ3v) is 6.66. The number of amides is 1. The van der Waals surface area contributed by atoms with Crippen LogP contribution in [0.4, 0.5) is 10.2 Å². The summed E-state index contributed by atoms with van der Waals surface area (Å²) in [5.74, 6) is -1.02. The van der Waals surface area contributed by atoms with Gasteiger partial charge >= 0.3 is 0 Å². The van der Waals surface area contributed by atoms with Crippen LogP contribution in [-0.2, 0) is 16.4 Å². The number of nitrogens with zero attached hydrogens (tertiary/aromatic N) is 1. The number of carbonyl (C=O) groups excluding carboxylic acids is 1. The number of anilines is 1. The fraction of sp³-hybridized carbons (Fsp3) is 0.136. The lowest BCUT2D eigenvalue weighted by Gasteiger charge is -2.13. The summed E-state index contributed by atoms with van der Waals surface area (Å²) in [7, 11) is -3.90. The summed E-state index contributed by atoms with van der Waals surface area (Å²) < 4.78 is 41.9. The number of nitrogens with one attached hydrogen (secondary N) is 1. The molecule has 1 N–H and O–H groups in total. The average Bonchev–Trinajstić information content (AvgIpc) is 2.94. The highest BCUT2D eigenvalue weighted by molar-refractivity contribution is 7.91. The Balaban J connectivity index is 2.18. The fourth-order valence-corrected chi connectivity index (χ4v) is 4.89. The van der Waals surface area contributed by atoms with Crippen LogP contribution < -0.4 is 5.32 Å². The Morgan fingerprint density at radius 3 is 2.45 bits per heavy atom. The van der Waals surface area contributed by atoms with Crippen molar-refractivity contribution in [3.63, 3.8) is 0 Å². The van der Waals surface area contributed by atoms with Crippen LogP contribution >= 0.6 is 0 Å². The first kappa shape index (κ1) is 20.5. The predicted molar refractivity (Wildman–Crippen MR) is 110 cm³/mol. The first-order chi connectivity index (χ1) is 13.8. The van der Waals surface area contributed by atoms with E-state index in [4.69, 9.17) is 0 Å². The van der Waals surface area contributed by atoms with Crippen molar-refractivity contribution in [2.45, 2.75) is 30.2 Å². The molecule has 0 atom stereocenters. The molecule has 2 aromatic carbocycles. The summed E-state index contributed by atoms with van der Waals surface area (Å²) in [5, 5.41) is 2.68. The van der Waals surface area contributed by atoms with Gasteiger partial charge in [-0.05, 0) is 49.7 Å². The largest absolute Gasteiger partial charge is 0.327 e. The van der Waals surface area contributed by atoms with Crippen molar-refractivity contribution in [3.8, 4) is 0 Å². The van der Waals surface area contributed by atoms with Gasteiger partial charge in [0, 0.05) is 17.8 Å².